The minimum atomic E-state index is -1.04. The molecule has 1 aromatic carbocycles. The zero-order valence-corrected chi connectivity index (χ0v) is 12.7. The van der Waals surface area contributed by atoms with Crippen molar-refractivity contribution >= 4 is 17.7 Å². The zero-order chi connectivity index (χ0) is 14.8. The lowest BCUT2D eigenvalue weighted by Crippen LogP contribution is -2.50. The molecule has 0 aliphatic rings. The second kappa shape index (κ2) is 9.00. The molecule has 3 N–H and O–H groups in total. The van der Waals surface area contributed by atoms with Gasteiger partial charge in [0.2, 0.25) is 0 Å². The first kappa shape index (κ1) is 17.0. The van der Waals surface area contributed by atoms with E-state index in [4.69, 9.17) is 5.11 Å². The molecule has 0 bridgehead atoms. The number of carboxylic acid groups (broad SMARTS) is 1. The van der Waals surface area contributed by atoms with Crippen molar-refractivity contribution in [2.45, 2.75) is 25.3 Å². The lowest BCUT2D eigenvalue weighted by atomic mass is 9.87. The van der Waals surface area contributed by atoms with Gasteiger partial charge in [-0.25, -0.2) is 4.79 Å². The first-order chi connectivity index (χ1) is 9.67. The van der Waals surface area contributed by atoms with Crippen LogP contribution in [-0.4, -0.2) is 40.8 Å². The van der Waals surface area contributed by atoms with Crippen molar-refractivity contribution in [1.29, 1.82) is 0 Å². The molecule has 1 unspecified atom stereocenters. The van der Waals surface area contributed by atoms with E-state index < -0.39 is 11.5 Å². The summed E-state index contributed by atoms with van der Waals surface area (Å²) in [5.41, 5.74) is -0.259. The third-order valence-corrected chi connectivity index (χ3v) is 4.13. The van der Waals surface area contributed by atoms with Gasteiger partial charge >= 0.3 is 5.97 Å². The number of aliphatic carboxylic acids is 1. The lowest BCUT2D eigenvalue weighted by Gasteiger charge is -2.31. The van der Waals surface area contributed by atoms with Gasteiger partial charge in [-0.05, 0) is 30.7 Å². The Morgan fingerprint density at radius 2 is 2.00 bits per heavy atom. The third-order valence-electron chi connectivity index (χ3n) is 3.17. The van der Waals surface area contributed by atoms with Crippen LogP contribution in [0.2, 0.25) is 0 Å². The van der Waals surface area contributed by atoms with E-state index in [-0.39, 0.29) is 6.61 Å². The fraction of sp³-hybridized carbons (Fsp3) is 0.533. The van der Waals surface area contributed by atoms with Crippen molar-refractivity contribution in [3.8, 4) is 0 Å². The predicted molar refractivity (Wildman–Crippen MR) is 83.1 cm³/mol. The highest BCUT2D eigenvalue weighted by atomic mass is 32.2. The van der Waals surface area contributed by atoms with E-state index >= 15 is 0 Å². The van der Waals surface area contributed by atoms with E-state index in [0.29, 0.717) is 24.5 Å². The SMILES string of the molecule is CCCNC(CCSCCO)(C(=O)O)c1ccccc1. The van der Waals surface area contributed by atoms with E-state index in [2.05, 4.69) is 5.32 Å². The van der Waals surface area contributed by atoms with Crippen LogP contribution in [0.3, 0.4) is 0 Å². The minimum absolute atomic E-state index is 0.123. The van der Waals surface area contributed by atoms with Crippen LogP contribution in [0.15, 0.2) is 30.3 Å². The molecular weight excluding hydrogens is 274 g/mol. The van der Waals surface area contributed by atoms with E-state index in [1.54, 1.807) is 11.8 Å². The molecule has 0 aliphatic carbocycles. The van der Waals surface area contributed by atoms with Gasteiger partial charge in [0.05, 0.1) is 6.61 Å². The van der Waals surface area contributed by atoms with Crippen molar-refractivity contribution in [3.63, 3.8) is 0 Å². The molecule has 4 nitrogen and oxygen atoms in total. The number of rotatable bonds is 10. The largest absolute Gasteiger partial charge is 0.480 e. The minimum Gasteiger partial charge on any atom is -0.480 e. The maximum absolute atomic E-state index is 11.9. The van der Waals surface area contributed by atoms with Gasteiger partial charge < -0.3 is 10.2 Å². The molecule has 5 heteroatoms. The van der Waals surface area contributed by atoms with E-state index in [0.717, 1.165) is 12.0 Å². The van der Waals surface area contributed by atoms with Crippen molar-refractivity contribution < 1.29 is 15.0 Å². The van der Waals surface area contributed by atoms with Crippen molar-refractivity contribution in [1.82, 2.24) is 5.32 Å². The van der Waals surface area contributed by atoms with Gasteiger partial charge in [-0.3, -0.25) is 5.32 Å². The number of hydrogen-bond acceptors (Lipinski definition) is 4. The smallest absolute Gasteiger partial charge is 0.328 e. The van der Waals surface area contributed by atoms with Crippen LogP contribution in [0.5, 0.6) is 0 Å². The summed E-state index contributed by atoms with van der Waals surface area (Å²) in [5.74, 6) is 0.484. The van der Waals surface area contributed by atoms with Gasteiger partial charge in [0.25, 0.3) is 0 Å². The Balaban J connectivity index is 2.92. The van der Waals surface area contributed by atoms with Gasteiger partial charge in [-0.1, -0.05) is 37.3 Å². The summed E-state index contributed by atoms with van der Waals surface area (Å²) in [5, 5.41) is 21.7. The second-order valence-corrected chi connectivity index (χ2v) is 5.81. The molecule has 0 aliphatic heterocycles. The number of aliphatic hydroxyl groups excluding tert-OH is 1. The number of carboxylic acids is 1. The Hall–Kier alpha value is -1.04. The number of thioether (sulfide) groups is 1. The van der Waals surface area contributed by atoms with E-state index in [1.807, 2.05) is 37.3 Å². The van der Waals surface area contributed by atoms with E-state index in [1.165, 1.54) is 0 Å². The molecule has 0 spiro atoms. The number of nitrogens with one attached hydrogen (secondary N) is 1. The maximum Gasteiger partial charge on any atom is 0.328 e. The summed E-state index contributed by atoms with van der Waals surface area (Å²) < 4.78 is 0. The molecule has 0 saturated carbocycles. The molecule has 1 aromatic rings. The van der Waals surface area contributed by atoms with Gasteiger partial charge in [0, 0.05) is 5.75 Å². The Kier molecular flexibility index (Phi) is 7.65. The van der Waals surface area contributed by atoms with Crippen LogP contribution >= 0.6 is 11.8 Å². The summed E-state index contributed by atoms with van der Waals surface area (Å²) in [7, 11) is 0. The maximum atomic E-state index is 11.9. The molecule has 1 atom stereocenters. The van der Waals surface area contributed by atoms with Crippen LogP contribution in [0.1, 0.15) is 25.3 Å². The van der Waals surface area contributed by atoms with Gasteiger partial charge in [0.15, 0.2) is 0 Å². The van der Waals surface area contributed by atoms with Gasteiger partial charge in [-0.15, -0.1) is 0 Å². The van der Waals surface area contributed by atoms with Crippen molar-refractivity contribution in [2.24, 2.45) is 0 Å². The monoisotopic (exact) mass is 297 g/mol. The fourth-order valence-electron chi connectivity index (χ4n) is 2.09. The van der Waals surface area contributed by atoms with Crippen LogP contribution in [0.4, 0.5) is 0 Å². The summed E-state index contributed by atoms with van der Waals surface area (Å²) in [4.78, 5) is 11.9. The molecule has 0 heterocycles. The molecule has 0 aromatic heterocycles. The van der Waals surface area contributed by atoms with Crippen LogP contribution in [0, 0.1) is 0 Å². The highest BCUT2D eigenvalue weighted by molar-refractivity contribution is 7.99. The molecule has 1 rings (SSSR count). The first-order valence-electron chi connectivity index (χ1n) is 6.90. The van der Waals surface area contributed by atoms with Crippen molar-refractivity contribution in [3.05, 3.63) is 35.9 Å². The molecule has 0 radical (unpaired) electrons. The molecule has 0 saturated heterocycles. The lowest BCUT2D eigenvalue weighted by molar-refractivity contribution is -0.145. The summed E-state index contributed by atoms with van der Waals surface area (Å²) in [6.07, 6.45) is 1.38. The van der Waals surface area contributed by atoms with Crippen LogP contribution in [-0.2, 0) is 10.3 Å². The second-order valence-electron chi connectivity index (χ2n) is 4.59. The number of hydrogen-bond donors (Lipinski definition) is 3. The van der Waals surface area contributed by atoms with Crippen LogP contribution < -0.4 is 5.32 Å². The number of benzene rings is 1. The highest BCUT2D eigenvalue weighted by Gasteiger charge is 2.39. The normalized spacial score (nSPS) is 13.9. The topological polar surface area (TPSA) is 69.6 Å². The summed E-state index contributed by atoms with van der Waals surface area (Å²) >= 11 is 1.57. The fourth-order valence-corrected chi connectivity index (χ4v) is 2.88. The molecule has 112 valence electrons. The Labute approximate surface area is 124 Å². The molecule has 0 amide bonds. The van der Waals surface area contributed by atoms with Gasteiger partial charge in [-0.2, -0.15) is 11.8 Å². The standard InChI is InChI=1S/C15H23NO3S/c1-2-9-16-15(14(18)19,8-11-20-12-10-17)13-6-4-3-5-7-13/h3-7,16-17H,2,8-12H2,1H3,(H,18,19). The van der Waals surface area contributed by atoms with Crippen LogP contribution in [0.25, 0.3) is 0 Å². The average molecular weight is 297 g/mol. The first-order valence-corrected chi connectivity index (χ1v) is 8.05. The molecule has 20 heavy (non-hydrogen) atoms. The Morgan fingerprint density at radius 1 is 1.30 bits per heavy atom. The van der Waals surface area contributed by atoms with Gasteiger partial charge in [0.1, 0.15) is 5.54 Å². The van der Waals surface area contributed by atoms with E-state index in [9.17, 15) is 9.90 Å². The third kappa shape index (κ3) is 4.51. The molecule has 0 fully saturated rings. The summed E-state index contributed by atoms with van der Waals surface area (Å²) in [6, 6.07) is 9.32. The highest BCUT2D eigenvalue weighted by Crippen LogP contribution is 2.27. The predicted octanol–water partition coefficient (Wildman–Crippen LogP) is 2.08. The Morgan fingerprint density at radius 3 is 2.55 bits per heavy atom. The number of carbonyl (C=O) groups is 1. The summed E-state index contributed by atoms with van der Waals surface area (Å²) in [6.45, 7) is 2.80. The molecular formula is C15H23NO3S. The quantitative estimate of drug-likeness (QED) is 0.577. The van der Waals surface area contributed by atoms with Crippen molar-refractivity contribution in [2.75, 3.05) is 24.7 Å². The zero-order valence-electron chi connectivity index (χ0n) is 11.8. The Bertz CT molecular complexity index is 399. The average Bonchev–Trinajstić information content (AvgIpc) is 2.47. The number of aliphatic hydroxyl groups is 1.